The Bertz CT molecular complexity index is 745. The first-order chi connectivity index (χ1) is 11.7. The van der Waals surface area contributed by atoms with Crippen molar-refractivity contribution in [2.45, 2.75) is 39.3 Å². The second-order valence-corrected chi connectivity index (χ2v) is 5.74. The molecule has 126 valence electrons. The fraction of sp³-hybridized carbons (Fsp3) is 0.368. The van der Waals surface area contributed by atoms with Gasteiger partial charge in [0.25, 0.3) is 0 Å². The minimum Gasteiger partial charge on any atom is -0.461 e. The molecule has 0 radical (unpaired) electrons. The molecule has 1 aromatic carbocycles. The zero-order valence-corrected chi connectivity index (χ0v) is 13.7. The summed E-state index contributed by atoms with van der Waals surface area (Å²) in [6, 6.07) is 6.93. The molecule has 1 aromatic heterocycles. The van der Waals surface area contributed by atoms with Crippen molar-refractivity contribution >= 4 is 5.97 Å². The van der Waals surface area contributed by atoms with Crippen LogP contribution in [0.4, 0.5) is 4.39 Å². The molecule has 0 N–H and O–H groups in total. The van der Waals surface area contributed by atoms with Crippen LogP contribution in [0.25, 0.3) is 0 Å². The normalized spacial score (nSPS) is 13.2. The number of hydrogen-bond donors (Lipinski definition) is 0. The third kappa shape index (κ3) is 3.40. The monoisotopic (exact) mass is 329 g/mol. The van der Waals surface area contributed by atoms with Crippen LogP contribution in [0.15, 0.2) is 30.5 Å². The quantitative estimate of drug-likeness (QED) is 0.763. The van der Waals surface area contributed by atoms with Crippen molar-refractivity contribution in [3.63, 3.8) is 0 Å². The van der Waals surface area contributed by atoms with Gasteiger partial charge >= 0.3 is 5.97 Å². The summed E-state index contributed by atoms with van der Waals surface area (Å²) < 4.78 is 23.8. The van der Waals surface area contributed by atoms with Crippen molar-refractivity contribution in [2.75, 3.05) is 6.61 Å². The summed E-state index contributed by atoms with van der Waals surface area (Å²) in [6.07, 6.45) is 5.25. The molecule has 0 saturated carbocycles. The third-order valence-corrected chi connectivity index (χ3v) is 4.11. The molecule has 1 heterocycles. The predicted molar refractivity (Wildman–Crippen MR) is 88.2 cm³/mol. The second-order valence-electron chi connectivity index (χ2n) is 5.74. The van der Waals surface area contributed by atoms with Gasteiger partial charge in [0.2, 0.25) is 0 Å². The molecule has 24 heavy (non-hydrogen) atoms. The zero-order valence-electron chi connectivity index (χ0n) is 13.7. The molecule has 0 unspecified atom stereocenters. The lowest BCUT2D eigenvalue weighted by Gasteiger charge is -2.21. The van der Waals surface area contributed by atoms with E-state index >= 15 is 0 Å². The first kappa shape index (κ1) is 16.4. The highest BCUT2D eigenvalue weighted by atomic mass is 19.1. The van der Waals surface area contributed by atoms with Gasteiger partial charge in [-0.15, -0.1) is 0 Å². The van der Waals surface area contributed by atoms with Crippen molar-refractivity contribution in [3.05, 3.63) is 52.8 Å². The van der Waals surface area contributed by atoms with Crippen molar-refractivity contribution in [1.82, 2.24) is 4.98 Å². The first-order valence-corrected chi connectivity index (χ1v) is 8.23. The summed E-state index contributed by atoms with van der Waals surface area (Å²) in [5.41, 5.74) is 2.87. The highest BCUT2D eigenvalue weighted by Crippen LogP contribution is 2.34. The van der Waals surface area contributed by atoms with Crippen LogP contribution in [0.3, 0.4) is 0 Å². The number of carbonyl (C=O) groups is 1. The maximum Gasteiger partial charge on any atom is 0.357 e. The number of pyridine rings is 1. The van der Waals surface area contributed by atoms with Gasteiger partial charge < -0.3 is 9.47 Å². The van der Waals surface area contributed by atoms with E-state index in [0.717, 1.165) is 36.8 Å². The van der Waals surface area contributed by atoms with Crippen LogP contribution in [0.1, 0.15) is 46.9 Å². The van der Waals surface area contributed by atoms with Crippen LogP contribution in [0.2, 0.25) is 0 Å². The molecule has 3 rings (SSSR count). The number of ether oxygens (including phenoxy) is 2. The van der Waals surface area contributed by atoms with Crippen molar-refractivity contribution in [2.24, 2.45) is 0 Å². The van der Waals surface area contributed by atoms with E-state index in [-0.39, 0.29) is 5.97 Å². The Morgan fingerprint density at radius 2 is 2.04 bits per heavy atom. The second kappa shape index (κ2) is 7.43. The molecule has 5 heteroatoms. The minimum atomic E-state index is -0.532. The van der Waals surface area contributed by atoms with Crippen LogP contribution >= 0.6 is 0 Å². The van der Waals surface area contributed by atoms with Crippen molar-refractivity contribution in [1.29, 1.82) is 0 Å². The maximum absolute atomic E-state index is 12.8. The smallest absolute Gasteiger partial charge is 0.357 e. The van der Waals surface area contributed by atoms with Gasteiger partial charge in [-0.05, 0) is 55.9 Å². The van der Waals surface area contributed by atoms with Crippen LogP contribution in [-0.2, 0) is 24.3 Å². The molecule has 4 nitrogen and oxygen atoms in total. The van der Waals surface area contributed by atoms with Crippen LogP contribution < -0.4 is 4.74 Å². The molecule has 0 amide bonds. The summed E-state index contributed by atoms with van der Waals surface area (Å²) in [7, 11) is 0. The Labute approximate surface area is 140 Å². The van der Waals surface area contributed by atoms with Crippen LogP contribution in [0, 0.1) is 0 Å². The number of hydrogen-bond acceptors (Lipinski definition) is 4. The van der Waals surface area contributed by atoms with Crippen LogP contribution in [0.5, 0.6) is 11.5 Å². The lowest BCUT2D eigenvalue weighted by atomic mass is 9.90. The summed E-state index contributed by atoms with van der Waals surface area (Å²) in [5, 5.41) is 0. The van der Waals surface area contributed by atoms with E-state index in [1.165, 1.54) is 0 Å². The lowest BCUT2D eigenvalue weighted by molar-refractivity contribution is 0.0517. The molecule has 2 aromatic rings. The Morgan fingerprint density at radius 3 is 2.79 bits per heavy atom. The SMILES string of the molecule is CCOC(=O)c1ncc(Oc2cccc(CF)c2)c2c1CCCC2. The number of rotatable bonds is 5. The minimum absolute atomic E-state index is 0.323. The number of carbonyl (C=O) groups excluding carboxylic acids is 1. The molecular formula is C19H20FNO3. The standard InChI is InChI=1S/C19H20FNO3/c1-2-23-19(22)18-16-9-4-3-8-15(16)17(12-21-18)24-14-7-5-6-13(10-14)11-20/h5-7,10,12H,2-4,8-9,11H2,1H3. The predicted octanol–water partition coefficient (Wildman–Crippen LogP) is 4.40. The topological polar surface area (TPSA) is 48.4 Å². The van der Waals surface area contributed by atoms with Crippen LogP contribution in [-0.4, -0.2) is 17.6 Å². The average molecular weight is 329 g/mol. The Balaban J connectivity index is 1.95. The number of benzene rings is 1. The van der Waals surface area contributed by atoms with Gasteiger partial charge in [-0.25, -0.2) is 14.2 Å². The van der Waals surface area contributed by atoms with Crippen molar-refractivity contribution < 1.29 is 18.7 Å². The highest BCUT2D eigenvalue weighted by molar-refractivity contribution is 5.89. The first-order valence-electron chi connectivity index (χ1n) is 8.23. The zero-order chi connectivity index (χ0) is 16.9. The summed E-state index contributed by atoms with van der Waals surface area (Å²) in [4.78, 5) is 16.4. The van der Waals surface area contributed by atoms with E-state index < -0.39 is 6.67 Å². The number of alkyl halides is 1. The van der Waals surface area contributed by atoms with Gasteiger partial charge in [0.15, 0.2) is 5.69 Å². The van der Waals surface area contributed by atoms with E-state index in [1.54, 1.807) is 37.4 Å². The van der Waals surface area contributed by atoms with Gasteiger partial charge in [0, 0.05) is 5.56 Å². The van der Waals surface area contributed by atoms with Gasteiger partial charge in [-0.1, -0.05) is 12.1 Å². The van der Waals surface area contributed by atoms with Gasteiger partial charge in [0.1, 0.15) is 18.2 Å². The fourth-order valence-electron chi connectivity index (χ4n) is 3.00. The summed E-state index contributed by atoms with van der Waals surface area (Å²) in [5.74, 6) is 0.819. The van der Waals surface area contributed by atoms with Gasteiger partial charge in [-0.2, -0.15) is 0 Å². The molecule has 1 aliphatic rings. The van der Waals surface area contributed by atoms with Crippen molar-refractivity contribution in [3.8, 4) is 11.5 Å². The molecule has 0 atom stereocenters. The molecule has 0 bridgehead atoms. The average Bonchev–Trinajstić information content (AvgIpc) is 2.62. The summed E-state index contributed by atoms with van der Waals surface area (Å²) in [6.45, 7) is 1.57. The number of fused-ring (bicyclic) bond motifs is 1. The van der Waals surface area contributed by atoms with Gasteiger partial charge in [0.05, 0.1) is 12.8 Å². The fourth-order valence-corrected chi connectivity index (χ4v) is 3.00. The molecule has 0 aliphatic heterocycles. The van der Waals surface area contributed by atoms with E-state index in [1.807, 2.05) is 0 Å². The highest BCUT2D eigenvalue weighted by Gasteiger charge is 2.23. The number of nitrogens with zero attached hydrogens (tertiary/aromatic N) is 1. The van der Waals surface area contributed by atoms with E-state index in [2.05, 4.69) is 4.98 Å². The maximum atomic E-state index is 12.8. The van der Waals surface area contributed by atoms with Gasteiger partial charge in [-0.3, -0.25) is 0 Å². The number of esters is 1. The number of halogens is 1. The van der Waals surface area contributed by atoms with E-state index in [9.17, 15) is 9.18 Å². The number of aromatic nitrogens is 1. The summed E-state index contributed by atoms with van der Waals surface area (Å²) >= 11 is 0. The largest absolute Gasteiger partial charge is 0.461 e. The Morgan fingerprint density at radius 1 is 1.25 bits per heavy atom. The molecule has 0 saturated heterocycles. The molecule has 0 fully saturated rings. The molecule has 1 aliphatic carbocycles. The molecular weight excluding hydrogens is 309 g/mol. The van der Waals surface area contributed by atoms with E-state index in [0.29, 0.717) is 29.4 Å². The Kier molecular flexibility index (Phi) is 5.08. The third-order valence-electron chi connectivity index (χ3n) is 4.11. The molecule has 0 spiro atoms. The Hall–Kier alpha value is -2.43. The lowest BCUT2D eigenvalue weighted by Crippen LogP contribution is -2.16. The van der Waals surface area contributed by atoms with E-state index in [4.69, 9.17) is 9.47 Å².